The minimum Gasteiger partial charge on any atom is -0.457 e. The molecule has 3 rings (SSSR count). The first kappa shape index (κ1) is 19.9. The second-order valence-electron chi connectivity index (χ2n) is 6.00. The number of amides is 1. The third kappa shape index (κ3) is 5.33. The molecule has 0 atom stereocenters. The number of aliphatic hydroxyl groups excluding tert-OH is 2. The quantitative estimate of drug-likeness (QED) is 0.343. The van der Waals surface area contributed by atoms with E-state index >= 15 is 0 Å². The number of aliphatic hydroxyl groups is 2. The van der Waals surface area contributed by atoms with Gasteiger partial charge in [-0.15, -0.1) is 0 Å². The summed E-state index contributed by atoms with van der Waals surface area (Å²) in [7, 11) is 0. The van der Waals surface area contributed by atoms with E-state index in [1.165, 1.54) is 12.1 Å². The summed E-state index contributed by atoms with van der Waals surface area (Å²) in [5.74, 6) is 0.835. The van der Waals surface area contributed by atoms with Gasteiger partial charge in [0.2, 0.25) is 5.91 Å². The maximum absolute atomic E-state index is 12.0. The van der Waals surface area contributed by atoms with Crippen molar-refractivity contribution in [2.75, 3.05) is 0 Å². The minimum absolute atomic E-state index is 0.0799. The monoisotopic (exact) mass is 391 g/mol. The van der Waals surface area contributed by atoms with Crippen LogP contribution in [0.1, 0.15) is 21.5 Å². The first-order valence-corrected chi connectivity index (χ1v) is 8.61. The second kappa shape index (κ2) is 9.38. The number of rotatable bonds is 7. The van der Waals surface area contributed by atoms with Crippen molar-refractivity contribution < 1.29 is 24.5 Å². The molecule has 0 aliphatic carbocycles. The van der Waals surface area contributed by atoms with Crippen molar-refractivity contribution in [3.8, 4) is 23.0 Å². The maximum atomic E-state index is 12.0. The van der Waals surface area contributed by atoms with Crippen LogP contribution in [-0.2, 0) is 13.2 Å². The Morgan fingerprint density at radius 2 is 1.24 bits per heavy atom. The highest BCUT2D eigenvalue weighted by atomic mass is 16.5. The molecule has 29 heavy (non-hydrogen) atoms. The summed E-state index contributed by atoms with van der Waals surface area (Å²) < 4.78 is 11.6. The summed E-state index contributed by atoms with van der Waals surface area (Å²) in [5.41, 5.74) is 10.1. The molecule has 8 heteroatoms. The van der Waals surface area contributed by atoms with Crippen molar-refractivity contribution in [2.24, 2.45) is 5.11 Å². The summed E-state index contributed by atoms with van der Waals surface area (Å²) in [5, 5.41) is 21.4. The number of azide groups is 1. The number of ether oxygens (including phenoxy) is 2. The van der Waals surface area contributed by atoms with E-state index in [1.54, 1.807) is 54.6 Å². The summed E-state index contributed by atoms with van der Waals surface area (Å²) in [6, 6.07) is 18.1. The van der Waals surface area contributed by atoms with Gasteiger partial charge in [-0.1, -0.05) is 24.3 Å². The lowest BCUT2D eigenvalue weighted by atomic mass is 10.2. The molecule has 0 aliphatic rings. The van der Waals surface area contributed by atoms with E-state index in [0.29, 0.717) is 23.0 Å². The van der Waals surface area contributed by atoms with E-state index in [1.807, 2.05) is 0 Å². The zero-order valence-electron chi connectivity index (χ0n) is 15.2. The fraction of sp³-hybridized carbons (Fsp3) is 0.0952. The van der Waals surface area contributed by atoms with Gasteiger partial charge in [0.05, 0.1) is 13.2 Å². The van der Waals surface area contributed by atoms with Gasteiger partial charge < -0.3 is 19.7 Å². The molecule has 3 aromatic carbocycles. The van der Waals surface area contributed by atoms with Crippen LogP contribution in [0.5, 0.6) is 23.0 Å². The number of benzene rings is 3. The number of nitrogens with zero attached hydrogens (tertiary/aromatic N) is 3. The van der Waals surface area contributed by atoms with Crippen molar-refractivity contribution >= 4 is 5.91 Å². The SMILES string of the molecule is [N-]=[N+]=NC(=O)c1cc(Oc2ccc(CO)cc2)cc(Oc2ccc(CO)cc2)c1. The molecule has 146 valence electrons. The van der Waals surface area contributed by atoms with Gasteiger partial charge in [0, 0.05) is 16.5 Å². The van der Waals surface area contributed by atoms with Crippen molar-refractivity contribution in [3.63, 3.8) is 0 Å². The maximum Gasteiger partial charge on any atom is 0.249 e. The molecular formula is C21H17N3O5. The van der Waals surface area contributed by atoms with Crippen molar-refractivity contribution in [1.29, 1.82) is 0 Å². The van der Waals surface area contributed by atoms with E-state index in [2.05, 4.69) is 10.0 Å². The number of hydrogen-bond acceptors (Lipinski definition) is 5. The summed E-state index contributed by atoms with van der Waals surface area (Å²) in [6.07, 6.45) is 0. The third-order valence-corrected chi connectivity index (χ3v) is 3.95. The standard InChI is InChI=1S/C21H17N3O5/c22-24-23-21(27)16-9-19(28-17-5-1-14(12-25)2-6-17)11-20(10-16)29-18-7-3-15(13-26)4-8-18/h1-11,25-26H,12-13H2. The normalized spacial score (nSPS) is 10.1. The molecule has 8 nitrogen and oxygen atoms in total. The highest BCUT2D eigenvalue weighted by molar-refractivity contribution is 5.95. The zero-order valence-corrected chi connectivity index (χ0v) is 15.2. The molecule has 0 saturated heterocycles. The Morgan fingerprint density at radius 3 is 1.62 bits per heavy atom. The van der Waals surface area contributed by atoms with Gasteiger partial charge in [-0.2, -0.15) is 0 Å². The lowest BCUT2D eigenvalue weighted by molar-refractivity contribution is 0.0999. The van der Waals surface area contributed by atoms with Crippen molar-refractivity contribution in [3.05, 3.63) is 93.9 Å². The summed E-state index contributed by atoms with van der Waals surface area (Å²) in [6.45, 7) is -0.160. The molecule has 0 spiro atoms. The van der Waals surface area contributed by atoms with Crippen LogP contribution < -0.4 is 9.47 Å². The lowest BCUT2D eigenvalue weighted by Gasteiger charge is -2.11. The Bertz CT molecular complexity index is 975. The molecule has 0 fully saturated rings. The van der Waals surface area contributed by atoms with E-state index in [4.69, 9.17) is 25.2 Å². The average Bonchev–Trinajstić information content (AvgIpc) is 2.75. The molecule has 0 radical (unpaired) electrons. The van der Waals surface area contributed by atoms with Crippen LogP contribution in [0.2, 0.25) is 0 Å². The summed E-state index contributed by atoms with van der Waals surface area (Å²) >= 11 is 0. The van der Waals surface area contributed by atoms with Gasteiger partial charge in [-0.25, -0.2) is 0 Å². The highest BCUT2D eigenvalue weighted by Gasteiger charge is 2.11. The van der Waals surface area contributed by atoms with Gasteiger partial charge in [0.1, 0.15) is 23.0 Å². The predicted molar refractivity (Wildman–Crippen MR) is 105 cm³/mol. The highest BCUT2D eigenvalue weighted by Crippen LogP contribution is 2.31. The lowest BCUT2D eigenvalue weighted by Crippen LogP contribution is -1.97. The number of carbonyl (C=O) groups excluding carboxylic acids is 1. The van der Waals surface area contributed by atoms with Gasteiger partial charge in [-0.3, -0.25) is 4.79 Å². The molecule has 3 aromatic rings. The van der Waals surface area contributed by atoms with Crippen molar-refractivity contribution in [2.45, 2.75) is 13.2 Å². The van der Waals surface area contributed by atoms with Crippen LogP contribution >= 0.6 is 0 Å². The Kier molecular flexibility index (Phi) is 6.44. The number of carbonyl (C=O) groups is 1. The predicted octanol–water partition coefficient (Wildman–Crippen LogP) is 4.71. The van der Waals surface area contributed by atoms with Gasteiger partial charge in [0.25, 0.3) is 0 Å². The molecule has 0 saturated carbocycles. The molecule has 0 bridgehead atoms. The molecule has 1 amide bonds. The fourth-order valence-corrected chi connectivity index (χ4v) is 2.51. The second-order valence-corrected chi connectivity index (χ2v) is 6.00. The fourth-order valence-electron chi connectivity index (χ4n) is 2.51. The Balaban J connectivity index is 1.91. The summed E-state index contributed by atoms with van der Waals surface area (Å²) in [4.78, 5) is 14.6. The van der Waals surface area contributed by atoms with Crippen LogP contribution in [0.25, 0.3) is 10.4 Å². The Hall–Kier alpha value is -3.84. The van der Waals surface area contributed by atoms with E-state index < -0.39 is 5.91 Å². The topological polar surface area (TPSA) is 125 Å². The smallest absolute Gasteiger partial charge is 0.249 e. The third-order valence-electron chi connectivity index (χ3n) is 3.95. The van der Waals surface area contributed by atoms with E-state index in [9.17, 15) is 4.79 Å². The largest absolute Gasteiger partial charge is 0.457 e. The van der Waals surface area contributed by atoms with Crippen LogP contribution in [0.3, 0.4) is 0 Å². The number of hydrogen-bond donors (Lipinski definition) is 2. The molecule has 0 aliphatic heterocycles. The molecule has 0 heterocycles. The van der Waals surface area contributed by atoms with Crippen LogP contribution in [0.15, 0.2) is 71.8 Å². The minimum atomic E-state index is -0.769. The first-order chi connectivity index (χ1) is 14.1. The van der Waals surface area contributed by atoms with Crippen LogP contribution in [0, 0.1) is 0 Å². The van der Waals surface area contributed by atoms with Crippen LogP contribution in [-0.4, -0.2) is 16.1 Å². The Labute approximate surface area is 166 Å². The molecular weight excluding hydrogens is 374 g/mol. The van der Waals surface area contributed by atoms with Gasteiger partial charge >= 0.3 is 0 Å². The molecule has 2 N–H and O–H groups in total. The average molecular weight is 391 g/mol. The molecule has 0 unspecified atom stereocenters. The van der Waals surface area contributed by atoms with E-state index in [-0.39, 0.29) is 18.8 Å². The van der Waals surface area contributed by atoms with E-state index in [0.717, 1.165) is 11.1 Å². The zero-order chi connectivity index (χ0) is 20.6. The van der Waals surface area contributed by atoms with Gasteiger partial charge in [-0.05, 0) is 58.2 Å². The molecule has 0 aromatic heterocycles. The van der Waals surface area contributed by atoms with Crippen molar-refractivity contribution in [1.82, 2.24) is 0 Å². The van der Waals surface area contributed by atoms with Gasteiger partial charge in [0.15, 0.2) is 0 Å². The Morgan fingerprint density at radius 1 is 0.793 bits per heavy atom. The van der Waals surface area contributed by atoms with Crippen LogP contribution in [0.4, 0.5) is 0 Å². The first-order valence-electron chi connectivity index (χ1n) is 8.61.